The van der Waals surface area contributed by atoms with Crippen molar-refractivity contribution in [1.82, 2.24) is 0 Å². The van der Waals surface area contributed by atoms with Gasteiger partial charge in [-0.3, -0.25) is 9.59 Å². The summed E-state index contributed by atoms with van der Waals surface area (Å²) < 4.78 is 0. The van der Waals surface area contributed by atoms with Gasteiger partial charge in [-0.05, 0) is 0 Å². The van der Waals surface area contributed by atoms with Gasteiger partial charge in [0.05, 0.1) is 0 Å². The number of hydrogen-bond acceptors (Lipinski definition) is 2. The van der Waals surface area contributed by atoms with Crippen LogP contribution in [-0.4, -0.2) is 22.2 Å². The van der Waals surface area contributed by atoms with Crippen LogP contribution in [0.1, 0.15) is 98.7 Å². The summed E-state index contributed by atoms with van der Waals surface area (Å²) in [7, 11) is 0. The molecule has 0 aromatic heterocycles. The molecule has 4 nitrogen and oxygen atoms in total. The van der Waals surface area contributed by atoms with E-state index in [-0.39, 0.29) is 49.8 Å². The van der Waals surface area contributed by atoms with E-state index in [1.807, 2.05) is 0 Å². The van der Waals surface area contributed by atoms with Crippen LogP contribution in [0.5, 0.6) is 0 Å². The predicted molar refractivity (Wildman–Crippen MR) is 96.6 cm³/mol. The van der Waals surface area contributed by atoms with Gasteiger partial charge < -0.3 is 18.6 Å². The number of carboxylic acids is 2. The third-order valence-corrected chi connectivity index (χ3v) is 3.73. The smallest absolute Gasteiger partial charge is 1.00 e. The monoisotopic (exact) mass is 360 g/mol. The topological polar surface area (TPSA) is 74.6 Å². The molecule has 0 heterocycles. The zero-order valence-electron chi connectivity index (χ0n) is 18.2. The van der Waals surface area contributed by atoms with E-state index >= 15 is 0 Å². The average molecular weight is 360 g/mol. The van der Waals surface area contributed by atoms with Gasteiger partial charge >= 0.3 is 60.4 Å². The largest absolute Gasteiger partial charge is 1.00 e. The zero-order chi connectivity index (χ0) is 17.9. The molecule has 0 fully saturated rings. The second-order valence-electron chi connectivity index (χ2n) is 6.24. The van der Waals surface area contributed by atoms with Crippen LogP contribution in [0, 0.1) is 12.8 Å². The molecule has 0 amide bonds. The Morgan fingerprint density at radius 1 is 0.800 bits per heavy atom. The van der Waals surface area contributed by atoms with Crippen LogP contribution in [0.2, 0.25) is 0 Å². The Morgan fingerprint density at radius 2 is 1.16 bits per heavy atom. The fourth-order valence-corrected chi connectivity index (χ4v) is 2.33. The second kappa shape index (κ2) is 26.8. The fraction of sp³-hybridized carbons (Fsp3) is 0.842. The van der Waals surface area contributed by atoms with E-state index in [2.05, 4.69) is 20.8 Å². The zero-order valence-corrected chi connectivity index (χ0v) is 19.2. The van der Waals surface area contributed by atoms with Gasteiger partial charge in [0.1, 0.15) is 6.42 Å². The Kier molecular flexibility index (Phi) is 35.5. The normalized spacial score (nSPS) is 10.5. The van der Waals surface area contributed by atoms with Gasteiger partial charge in [0.2, 0.25) is 0 Å². The SMILES string of the molecule is O=C(O)CC(=O)O.[CH2-]C(CCCC)CCCCCCCCCC.[H-].[Li+].[Na+]. The molecule has 0 aromatic carbocycles. The van der Waals surface area contributed by atoms with Gasteiger partial charge in [-0.2, -0.15) is 5.92 Å². The summed E-state index contributed by atoms with van der Waals surface area (Å²) in [5, 5.41) is 15.4. The van der Waals surface area contributed by atoms with Crippen LogP contribution in [0.15, 0.2) is 0 Å². The summed E-state index contributed by atoms with van der Waals surface area (Å²) in [6.07, 6.45) is 16.0. The predicted octanol–water partition coefficient (Wildman–Crippen LogP) is -0.176. The maximum atomic E-state index is 9.43. The van der Waals surface area contributed by atoms with Crippen molar-refractivity contribution in [2.24, 2.45) is 5.92 Å². The van der Waals surface area contributed by atoms with Gasteiger partial charge in [-0.25, -0.2) is 0 Å². The molecule has 140 valence electrons. The van der Waals surface area contributed by atoms with Crippen molar-refractivity contribution in [2.45, 2.75) is 97.3 Å². The number of carboxylic acid groups (broad SMARTS) is 2. The van der Waals surface area contributed by atoms with Crippen molar-refractivity contribution >= 4 is 11.9 Å². The number of unbranched alkanes of at least 4 members (excludes halogenated alkanes) is 8. The molecule has 1 atom stereocenters. The van der Waals surface area contributed by atoms with Crippen molar-refractivity contribution < 1.29 is 69.6 Å². The molecule has 1 unspecified atom stereocenters. The molecule has 0 aromatic rings. The van der Waals surface area contributed by atoms with Gasteiger partial charge in [0.25, 0.3) is 0 Å². The van der Waals surface area contributed by atoms with Gasteiger partial charge in [0, 0.05) is 0 Å². The molecule has 0 saturated heterocycles. The first-order chi connectivity index (χ1) is 10.9. The van der Waals surface area contributed by atoms with E-state index in [1.54, 1.807) is 0 Å². The quantitative estimate of drug-likeness (QED) is 0.195. The van der Waals surface area contributed by atoms with Crippen LogP contribution in [0.3, 0.4) is 0 Å². The van der Waals surface area contributed by atoms with Crippen LogP contribution in [0.25, 0.3) is 0 Å². The molecule has 0 saturated carbocycles. The van der Waals surface area contributed by atoms with E-state index in [0.29, 0.717) is 0 Å². The van der Waals surface area contributed by atoms with Crippen LogP contribution in [-0.2, 0) is 9.59 Å². The minimum absolute atomic E-state index is 0. The minimum atomic E-state index is -1.31. The number of aliphatic carboxylic acids is 2. The Labute approximate surface area is 190 Å². The average Bonchev–Trinajstić information content (AvgIpc) is 2.47. The van der Waals surface area contributed by atoms with Gasteiger partial charge in [-0.15, -0.1) is 0 Å². The molecule has 0 radical (unpaired) electrons. The van der Waals surface area contributed by atoms with Gasteiger partial charge in [-0.1, -0.05) is 90.9 Å². The Morgan fingerprint density at radius 3 is 1.52 bits per heavy atom. The molecule has 0 aliphatic heterocycles. The standard InChI is InChI=1S/C16H33.C3H4O4.Li.Na.H/c1-4-6-8-9-10-11-12-13-15-16(3)14-7-5-2;4-2(5)1-3(6)7;;;/h16H,3-15H2,1-2H3;1H2,(H,4,5)(H,6,7);;;/q-1;;2*+1;-1. The third-order valence-electron chi connectivity index (χ3n) is 3.73. The van der Waals surface area contributed by atoms with E-state index in [1.165, 1.54) is 77.0 Å². The molecule has 0 spiro atoms. The van der Waals surface area contributed by atoms with Crippen LogP contribution < -0.4 is 48.4 Å². The minimum Gasteiger partial charge on any atom is -1.00 e. The third kappa shape index (κ3) is 36.3. The Bertz CT molecular complexity index is 283. The Balaban J connectivity index is -0.000000127. The first-order valence-electron chi connectivity index (χ1n) is 9.20. The second-order valence-corrected chi connectivity index (χ2v) is 6.24. The van der Waals surface area contributed by atoms with Crippen molar-refractivity contribution in [3.8, 4) is 0 Å². The summed E-state index contributed by atoms with van der Waals surface area (Å²) in [5.41, 5.74) is 0. The summed E-state index contributed by atoms with van der Waals surface area (Å²) >= 11 is 0. The maximum absolute atomic E-state index is 9.43. The molecular formula is C19H38LiNaO4. The van der Waals surface area contributed by atoms with Crippen molar-refractivity contribution in [1.29, 1.82) is 0 Å². The van der Waals surface area contributed by atoms with E-state index < -0.39 is 18.4 Å². The maximum Gasteiger partial charge on any atom is 1.00 e. The number of hydrogen-bond donors (Lipinski definition) is 2. The van der Waals surface area contributed by atoms with Crippen LogP contribution >= 0.6 is 0 Å². The van der Waals surface area contributed by atoms with Crippen molar-refractivity contribution in [3.05, 3.63) is 6.92 Å². The van der Waals surface area contributed by atoms with E-state index in [9.17, 15) is 9.59 Å². The summed E-state index contributed by atoms with van der Waals surface area (Å²) in [6, 6.07) is 0. The van der Waals surface area contributed by atoms with Crippen molar-refractivity contribution in [2.75, 3.05) is 0 Å². The summed E-state index contributed by atoms with van der Waals surface area (Å²) in [4.78, 5) is 18.9. The Hall–Kier alpha value is 0.537. The van der Waals surface area contributed by atoms with Gasteiger partial charge in [0.15, 0.2) is 0 Å². The molecule has 6 heteroatoms. The molecule has 2 N–H and O–H groups in total. The van der Waals surface area contributed by atoms with Crippen LogP contribution in [0.4, 0.5) is 0 Å². The molecular weight excluding hydrogens is 322 g/mol. The first kappa shape index (κ1) is 33.1. The fourth-order valence-electron chi connectivity index (χ4n) is 2.33. The molecule has 0 aliphatic rings. The number of carbonyl (C=O) groups is 2. The molecule has 0 aliphatic carbocycles. The first-order valence-corrected chi connectivity index (χ1v) is 9.20. The van der Waals surface area contributed by atoms with E-state index in [4.69, 9.17) is 10.2 Å². The summed E-state index contributed by atoms with van der Waals surface area (Å²) in [5.74, 6) is -1.90. The summed E-state index contributed by atoms with van der Waals surface area (Å²) in [6.45, 7) is 8.78. The van der Waals surface area contributed by atoms with Crippen molar-refractivity contribution in [3.63, 3.8) is 0 Å². The molecule has 0 bridgehead atoms. The molecule has 25 heavy (non-hydrogen) atoms. The number of rotatable bonds is 14. The van der Waals surface area contributed by atoms with E-state index in [0.717, 1.165) is 5.92 Å². The molecule has 0 rings (SSSR count).